The standard InChI is InChI=1S/C23H14Cl3N3O4S/c24-13-5-7-14(8-6-13)34(32,33)29-20-12-18(26)17(25)11-19(20)27-21(29)9-10-28-22(30)15-3-1-2-4-16(15)23(28)31/h1-8,11-12H,9-10H2. The van der Waals surface area contributed by atoms with Gasteiger partial charge >= 0.3 is 0 Å². The zero-order valence-corrected chi connectivity index (χ0v) is 20.3. The lowest BCUT2D eigenvalue weighted by Gasteiger charge is -2.15. The number of imide groups is 1. The number of hydrogen-bond donors (Lipinski definition) is 0. The minimum atomic E-state index is -4.12. The van der Waals surface area contributed by atoms with E-state index < -0.39 is 21.8 Å². The van der Waals surface area contributed by atoms with Crippen molar-refractivity contribution in [2.24, 2.45) is 0 Å². The summed E-state index contributed by atoms with van der Waals surface area (Å²) in [7, 11) is -4.12. The highest BCUT2D eigenvalue weighted by Crippen LogP contribution is 2.31. The fourth-order valence-corrected chi connectivity index (χ4v) is 5.84. The van der Waals surface area contributed by atoms with Crippen LogP contribution in [0.4, 0.5) is 0 Å². The molecule has 0 saturated carbocycles. The topological polar surface area (TPSA) is 89.3 Å². The van der Waals surface area contributed by atoms with E-state index in [0.717, 1.165) is 8.87 Å². The van der Waals surface area contributed by atoms with E-state index in [4.69, 9.17) is 34.8 Å². The van der Waals surface area contributed by atoms with Gasteiger partial charge in [0.25, 0.3) is 21.8 Å². The van der Waals surface area contributed by atoms with Crippen molar-refractivity contribution in [3.63, 3.8) is 0 Å². The fraction of sp³-hybridized carbons (Fsp3) is 0.0870. The number of benzene rings is 3. The first-order chi connectivity index (χ1) is 16.2. The van der Waals surface area contributed by atoms with Crippen LogP contribution in [0.25, 0.3) is 11.0 Å². The van der Waals surface area contributed by atoms with Gasteiger partial charge in [-0.15, -0.1) is 0 Å². The Morgan fingerprint density at radius 1 is 0.824 bits per heavy atom. The average molecular weight is 535 g/mol. The lowest BCUT2D eigenvalue weighted by atomic mass is 10.1. The third-order valence-electron chi connectivity index (χ3n) is 5.51. The lowest BCUT2D eigenvalue weighted by Crippen LogP contribution is -2.32. The summed E-state index contributed by atoms with van der Waals surface area (Å²) in [5.41, 5.74) is 1.16. The van der Waals surface area contributed by atoms with Crippen molar-refractivity contribution < 1.29 is 18.0 Å². The van der Waals surface area contributed by atoms with Gasteiger partial charge in [0.15, 0.2) is 0 Å². The van der Waals surface area contributed by atoms with Crippen molar-refractivity contribution in [1.82, 2.24) is 13.9 Å². The second kappa shape index (κ2) is 8.39. The summed E-state index contributed by atoms with van der Waals surface area (Å²) in [5, 5.41) is 0.762. The molecule has 3 aromatic carbocycles. The summed E-state index contributed by atoms with van der Waals surface area (Å²) in [4.78, 5) is 31.0. The third-order valence-corrected chi connectivity index (χ3v) is 8.24. The van der Waals surface area contributed by atoms with Crippen molar-refractivity contribution in [2.45, 2.75) is 11.3 Å². The number of imidazole rings is 1. The maximum Gasteiger partial charge on any atom is 0.269 e. The maximum atomic E-state index is 13.6. The van der Waals surface area contributed by atoms with Crippen LogP contribution in [0.15, 0.2) is 65.6 Å². The highest BCUT2D eigenvalue weighted by molar-refractivity contribution is 7.90. The molecule has 4 aromatic rings. The van der Waals surface area contributed by atoms with Gasteiger partial charge in [-0.1, -0.05) is 46.9 Å². The smallest absolute Gasteiger partial charge is 0.269 e. The summed E-state index contributed by atoms with van der Waals surface area (Å²) < 4.78 is 28.3. The minimum absolute atomic E-state index is 0.00995. The SMILES string of the molecule is O=C1c2ccccc2C(=O)N1CCc1nc2cc(Cl)c(Cl)cc2n1S(=O)(=O)c1ccc(Cl)cc1. The quantitative estimate of drug-likeness (QED) is 0.334. The zero-order valence-electron chi connectivity index (χ0n) is 17.2. The third kappa shape index (κ3) is 3.67. The first-order valence-corrected chi connectivity index (χ1v) is 12.6. The van der Waals surface area contributed by atoms with E-state index in [1.807, 2.05) is 0 Å². The fourth-order valence-electron chi connectivity index (χ4n) is 3.89. The van der Waals surface area contributed by atoms with Crippen LogP contribution in [0.2, 0.25) is 15.1 Å². The molecule has 1 aliphatic rings. The van der Waals surface area contributed by atoms with Gasteiger partial charge in [0, 0.05) is 18.0 Å². The molecule has 0 saturated heterocycles. The van der Waals surface area contributed by atoms with Gasteiger partial charge in [-0.2, -0.15) is 0 Å². The molecule has 7 nitrogen and oxygen atoms in total. The van der Waals surface area contributed by atoms with Crippen LogP contribution >= 0.6 is 34.8 Å². The second-order valence-electron chi connectivity index (χ2n) is 7.56. The number of fused-ring (bicyclic) bond motifs is 2. The van der Waals surface area contributed by atoms with E-state index in [-0.39, 0.29) is 39.2 Å². The molecule has 0 atom stereocenters. The monoisotopic (exact) mass is 533 g/mol. The summed E-state index contributed by atoms with van der Waals surface area (Å²) >= 11 is 18.2. The molecule has 0 fully saturated rings. The van der Waals surface area contributed by atoms with Gasteiger partial charge in [-0.05, 0) is 48.5 Å². The van der Waals surface area contributed by atoms with Crippen molar-refractivity contribution in [1.29, 1.82) is 0 Å². The average Bonchev–Trinajstić information content (AvgIpc) is 3.28. The van der Waals surface area contributed by atoms with E-state index in [1.54, 1.807) is 24.3 Å². The summed E-state index contributed by atoms with van der Waals surface area (Å²) in [6.07, 6.45) is -0.0117. The van der Waals surface area contributed by atoms with Gasteiger partial charge in [0.1, 0.15) is 5.82 Å². The molecule has 0 unspecified atom stereocenters. The summed E-state index contributed by atoms with van der Waals surface area (Å²) in [6.45, 7) is -0.0622. The van der Waals surface area contributed by atoms with E-state index >= 15 is 0 Å². The highest BCUT2D eigenvalue weighted by Gasteiger charge is 2.35. The molecule has 0 spiro atoms. The van der Waals surface area contributed by atoms with Crippen LogP contribution in [0.5, 0.6) is 0 Å². The second-order valence-corrected chi connectivity index (χ2v) is 10.6. The zero-order chi connectivity index (χ0) is 24.2. The van der Waals surface area contributed by atoms with Gasteiger partial charge in [0.05, 0.1) is 37.1 Å². The molecule has 34 heavy (non-hydrogen) atoms. The number of amides is 2. The van der Waals surface area contributed by atoms with Crippen molar-refractivity contribution in [2.75, 3.05) is 6.54 Å². The number of carbonyl (C=O) groups is 2. The Morgan fingerprint density at radius 2 is 1.41 bits per heavy atom. The Labute approximate surface area is 209 Å². The Hall–Kier alpha value is -2.91. The van der Waals surface area contributed by atoms with Gasteiger partial charge in [-0.25, -0.2) is 17.4 Å². The van der Waals surface area contributed by atoms with Gasteiger partial charge in [0.2, 0.25) is 0 Å². The van der Waals surface area contributed by atoms with Crippen LogP contribution in [0.3, 0.4) is 0 Å². The van der Waals surface area contributed by atoms with E-state index in [0.29, 0.717) is 21.7 Å². The number of carbonyl (C=O) groups excluding carboxylic acids is 2. The molecule has 11 heteroatoms. The Kier molecular flexibility index (Phi) is 5.64. The molecule has 1 aromatic heterocycles. The van der Waals surface area contributed by atoms with Crippen LogP contribution in [0, 0.1) is 0 Å². The molecule has 5 rings (SSSR count). The van der Waals surface area contributed by atoms with E-state index in [9.17, 15) is 18.0 Å². The normalized spacial score (nSPS) is 13.7. The molecule has 0 bridgehead atoms. The van der Waals surface area contributed by atoms with Crippen LogP contribution in [-0.2, 0) is 16.4 Å². The molecule has 2 heterocycles. The predicted octanol–water partition coefficient (Wildman–Crippen LogP) is 5.07. The summed E-state index contributed by atoms with van der Waals surface area (Å²) in [6, 6.07) is 15.1. The van der Waals surface area contributed by atoms with Gasteiger partial charge in [-0.3, -0.25) is 14.5 Å². The first kappa shape index (κ1) is 22.9. The molecule has 0 radical (unpaired) electrons. The first-order valence-electron chi connectivity index (χ1n) is 10.0. The van der Waals surface area contributed by atoms with Crippen LogP contribution < -0.4 is 0 Å². The lowest BCUT2D eigenvalue weighted by molar-refractivity contribution is 0.0655. The van der Waals surface area contributed by atoms with Crippen LogP contribution in [-0.4, -0.2) is 40.6 Å². The van der Waals surface area contributed by atoms with Crippen LogP contribution in [0.1, 0.15) is 26.5 Å². The Morgan fingerprint density at radius 3 is 2.03 bits per heavy atom. The molecule has 0 N–H and O–H groups in total. The Balaban J connectivity index is 1.58. The molecular formula is C23H14Cl3N3O4S. The number of halogens is 3. The minimum Gasteiger partial charge on any atom is -0.274 e. The largest absolute Gasteiger partial charge is 0.274 e. The predicted molar refractivity (Wildman–Crippen MR) is 129 cm³/mol. The van der Waals surface area contributed by atoms with Gasteiger partial charge < -0.3 is 0 Å². The number of hydrogen-bond acceptors (Lipinski definition) is 5. The molecule has 1 aliphatic heterocycles. The van der Waals surface area contributed by atoms with Crippen molar-refractivity contribution in [3.8, 4) is 0 Å². The number of nitrogens with zero attached hydrogens (tertiary/aromatic N) is 3. The number of rotatable bonds is 5. The number of aromatic nitrogens is 2. The van der Waals surface area contributed by atoms with Crippen molar-refractivity contribution >= 4 is 67.7 Å². The Bertz CT molecular complexity index is 1560. The van der Waals surface area contributed by atoms with E-state index in [1.165, 1.54) is 36.4 Å². The molecule has 172 valence electrons. The van der Waals surface area contributed by atoms with E-state index in [2.05, 4.69) is 4.98 Å². The summed E-state index contributed by atoms with van der Waals surface area (Å²) in [5.74, 6) is -0.746. The van der Waals surface area contributed by atoms with Crippen molar-refractivity contribution in [3.05, 3.63) is 92.7 Å². The molecule has 2 amide bonds. The molecule has 0 aliphatic carbocycles. The highest BCUT2D eigenvalue weighted by atomic mass is 35.5. The maximum absolute atomic E-state index is 13.6. The molecular weight excluding hydrogens is 521 g/mol.